The quantitative estimate of drug-likeness (QED) is 0.0653. The van der Waals surface area contributed by atoms with Crippen molar-refractivity contribution in [3.8, 4) is 16.9 Å². The monoisotopic (exact) mass is 1660 g/mol. The zero-order valence-electron chi connectivity index (χ0n) is 74.3. The zero-order chi connectivity index (χ0) is 85.4. The van der Waals surface area contributed by atoms with Crippen LogP contribution in [0.3, 0.4) is 0 Å². The molecule has 0 spiro atoms. The van der Waals surface area contributed by atoms with Gasteiger partial charge in [0.25, 0.3) is 0 Å². The lowest BCUT2D eigenvalue weighted by atomic mass is 9.68. The number of hydrogen-bond acceptors (Lipinski definition) is 1. The first-order chi connectivity index (χ1) is 57.4. The van der Waals surface area contributed by atoms with Crippen LogP contribution in [0.5, 0.6) is 5.75 Å². The van der Waals surface area contributed by atoms with Crippen molar-refractivity contribution in [2.75, 3.05) is 0 Å². The Morgan fingerprint density at radius 3 is 1.14 bits per heavy atom. The number of rotatable bonds is 17. The zero-order valence-corrected chi connectivity index (χ0v) is 74.3. The van der Waals surface area contributed by atoms with Gasteiger partial charge in [0.15, 0.2) is 58.1 Å². The van der Waals surface area contributed by atoms with E-state index >= 15 is 0 Å². The largest absolute Gasteiger partial charge is 0.485 e. The molecule has 8 aliphatic carbocycles. The summed E-state index contributed by atoms with van der Waals surface area (Å²) in [4.78, 5) is 0. The van der Waals surface area contributed by atoms with Crippen molar-refractivity contribution in [2.24, 2.45) is 71.0 Å². The molecule has 6 aromatic rings. The topological polar surface area (TPSA) is 9.23 Å². The molecule has 0 N–H and O–H groups in total. The number of fused-ring (bicyclic) bond motifs is 3. The van der Waals surface area contributed by atoms with E-state index in [9.17, 15) is 43.9 Å². The molecule has 1 atom stereocenters. The van der Waals surface area contributed by atoms with Crippen LogP contribution in [0, 0.1) is 171 Å². The molecule has 0 amide bonds. The van der Waals surface area contributed by atoms with Crippen LogP contribution in [0.15, 0.2) is 116 Å². The Balaban J connectivity index is 0.000000400. The van der Waals surface area contributed by atoms with Crippen LogP contribution in [0.1, 0.15) is 361 Å². The number of halogens is 10. The minimum Gasteiger partial charge on any atom is -0.485 e. The Labute approximate surface area is 721 Å². The molecule has 1 heterocycles. The molecule has 0 bridgehead atoms. The van der Waals surface area contributed by atoms with Crippen LogP contribution < -0.4 is 4.74 Å². The Morgan fingerprint density at radius 2 is 0.731 bits per heavy atom. The van der Waals surface area contributed by atoms with Gasteiger partial charge in [-0.25, -0.2) is 43.9 Å². The average molecular weight is 1660 g/mol. The number of allylic oxidation sites excluding steroid dienone is 7. The van der Waals surface area contributed by atoms with Gasteiger partial charge in [0, 0.05) is 26.7 Å². The van der Waals surface area contributed by atoms with Gasteiger partial charge in [0.05, 0.1) is 0 Å². The van der Waals surface area contributed by atoms with E-state index in [-0.39, 0.29) is 51.7 Å². The van der Waals surface area contributed by atoms with Gasteiger partial charge in [-0.1, -0.05) is 182 Å². The molecule has 0 saturated heterocycles. The van der Waals surface area contributed by atoms with E-state index in [2.05, 4.69) is 57.7 Å². The van der Waals surface area contributed by atoms with E-state index in [0.717, 1.165) is 146 Å². The predicted octanol–water partition coefficient (Wildman–Crippen LogP) is 35.9. The minimum absolute atomic E-state index is 0. The molecule has 1 nitrogen and oxygen atoms in total. The molecular weight excluding hydrogens is 1500 g/mol. The van der Waals surface area contributed by atoms with Crippen molar-refractivity contribution in [1.82, 2.24) is 0 Å². The molecule has 119 heavy (non-hydrogen) atoms. The molecule has 666 valence electrons. The van der Waals surface area contributed by atoms with Crippen LogP contribution in [-0.2, 0) is 6.61 Å². The minimum atomic E-state index is -0.693. The molecule has 7 fully saturated rings. The highest BCUT2D eigenvalue weighted by molar-refractivity contribution is 5.76. The molecule has 0 aromatic heterocycles. The first kappa shape index (κ1) is 94.6. The molecule has 1 aliphatic heterocycles. The summed E-state index contributed by atoms with van der Waals surface area (Å²) in [6.45, 7) is 24.5. The average Bonchev–Trinajstić information content (AvgIpc) is 0.761. The summed E-state index contributed by atoms with van der Waals surface area (Å²) in [7, 11) is 0. The lowest BCUT2D eigenvalue weighted by molar-refractivity contribution is 0.156. The number of hydrogen-bond donors (Lipinski definition) is 0. The Kier molecular flexibility index (Phi) is 37.2. The fourth-order valence-electron chi connectivity index (χ4n) is 22.1. The van der Waals surface area contributed by atoms with Crippen molar-refractivity contribution in [1.29, 1.82) is 0 Å². The summed E-state index contributed by atoms with van der Waals surface area (Å²) in [5, 5.41) is 0. The summed E-state index contributed by atoms with van der Waals surface area (Å²) in [5.41, 5.74) is 7.85. The fraction of sp³-hybridized carbons (Fsp3) is 0.593. The smallest absolute Gasteiger partial charge is 0.168 e. The van der Waals surface area contributed by atoms with Gasteiger partial charge >= 0.3 is 0 Å². The standard InChI is InChI=1S/2C24H34F2.C23H32F2.C20H26F2.C15H12F2O.C2H6.7H2/c2*1-3-4-5-6-18-8-10-19(11-9-18)20-12-14-21(15-13-20)22-16-7-17(2)23(25)24(22)26;1-3-4-5-17-7-9-18(10-8-17)19-11-13-20(14-12-19)21-15-6-16(2)22(24)23(21)25;1-13-3-6-15(7-4-13)16-8-10-17(11-9-16)18-12-5-14(2)19(21)20(18)22;1-8-3-5-10-11-6-4-9(2)14(17)15(11)18-7-12(10)13(8)16;1-2;;;;;;;/h5-7,16,18-21H,3-4,8-15H2,1-2H3;3-4,7,16,18-21H,5-6,8-15H2,1-2H3;3,6,15,17-20H,1,4-5,7-14H2,2H3;5,10,12-13,15-16H,3-4,6-9,11H2,1-2H3;3-6H,7H2,1-2H3;1-2H3;7*1H/b6-5+;4-3+;;;;;;;;;;;. The van der Waals surface area contributed by atoms with E-state index in [1.165, 1.54) is 173 Å². The Hall–Kier alpha value is -6.62. The molecule has 6 aromatic carbocycles. The van der Waals surface area contributed by atoms with Crippen LogP contribution in [0.4, 0.5) is 43.9 Å². The van der Waals surface area contributed by atoms with Gasteiger partial charge in [-0.15, -0.1) is 6.58 Å². The summed E-state index contributed by atoms with van der Waals surface area (Å²) in [5.74, 6) is 5.15. The van der Waals surface area contributed by atoms with Crippen LogP contribution in [-0.4, -0.2) is 0 Å². The van der Waals surface area contributed by atoms with Gasteiger partial charge in [0.2, 0.25) is 0 Å². The van der Waals surface area contributed by atoms with Crippen LogP contribution in [0.2, 0.25) is 0 Å². The molecule has 11 heteroatoms. The third kappa shape index (κ3) is 25.1. The third-order valence-electron chi connectivity index (χ3n) is 29.9. The number of benzene rings is 6. The summed E-state index contributed by atoms with van der Waals surface area (Å²) >= 11 is 0. The summed E-state index contributed by atoms with van der Waals surface area (Å²) in [6, 6.07) is 21.0. The second-order valence-corrected chi connectivity index (χ2v) is 37.5. The Bertz CT molecular complexity index is 4240. The van der Waals surface area contributed by atoms with Gasteiger partial charge in [-0.05, 0) is 391 Å². The number of aryl methyl sites for hydroxylation is 6. The van der Waals surface area contributed by atoms with Crippen molar-refractivity contribution >= 4 is 5.57 Å². The van der Waals surface area contributed by atoms with Gasteiger partial charge < -0.3 is 4.74 Å². The molecule has 0 radical (unpaired) electrons. The maximum atomic E-state index is 14.3. The van der Waals surface area contributed by atoms with Gasteiger partial charge in [-0.3, -0.25) is 0 Å². The summed E-state index contributed by atoms with van der Waals surface area (Å²) < 4.78 is 146. The fourth-order valence-corrected chi connectivity index (χ4v) is 22.1. The van der Waals surface area contributed by atoms with E-state index in [0.29, 0.717) is 66.8 Å². The second kappa shape index (κ2) is 46.7. The van der Waals surface area contributed by atoms with Crippen molar-refractivity contribution < 1.29 is 58.6 Å². The summed E-state index contributed by atoms with van der Waals surface area (Å²) in [6.07, 6.45) is 59.0. The molecule has 9 aliphatic rings. The Morgan fingerprint density at radius 1 is 0.370 bits per heavy atom. The van der Waals surface area contributed by atoms with E-state index < -0.39 is 46.5 Å². The van der Waals surface area contributed by atoms with Crippen LogP contribution in [0.25, 0.3) is 16.7 Å². The normalized spacial score (nSPS) is 26.8. The second-order valence-electron chi connectivity index (χ2n) is 37.5. The highest BCUT2D eigenvalue weighted by atomic mass is 19.2. The SMILES string of the molecule is C/C=C/CCC1CCC(C2CCC(c3ccc(C)c(F)c3F)CC2)CC1.C=CCCC1CCC(C2CCC(c3ccc(C)c(F)c3F)CC2)CC1.CC.CCC/C=C/C1CCC(C2CCC(c3ccc(C)c(F)c3F)CC2)CC1.Cc1ccc(C2=CCC(C3CCC(C)CC3)CC2)c(F)c1F.Cc1ccc2c(c1F)COc1c-2ccc(C)c1F.[HH].[HH].[HH].[HH].[HH].[HH].[HH]. The predicted molar refractivity (Wildman–Crippen MR) is 491 cm³/mol. The van der Waals surface area contributed by atoms with E-state index in [4.69, 9.17) is 4.74 Å². The lowest BCUT2D eigenvalue weighted by Gasteiger charge is -2.38. The third-order valence-corrected chi connectivity index (χ3v) is 29.9. The number of ether oxygens (including phenoxy) is 1. The van der Waals surface area contributed by atoms with Crippen molar-refractivity contribution in [3.63, 3.8) is 0 Å². The van der Waals surface area contributed by atoms with E-state index in [1.807, 2.05) is 44.2 Å². The number of unbranched alkanes of at least 4 members (excludes halogenated alkanes) is 1. The van der Waals surface area contributed by atoms with Crippen molar-refractivity contribution in [2.45, 2.75) is 338 Å². The molecule has 1 unspecified atom stereocenters. The van der Waals surface area contributed by atoms with Gasteiger partial charge in [-0.2, -0.15) is 0 Å². The molecule has 7 saturated carbocycles. The van der Waals surface area contributed by atoms with Gasteiger partial charge in [0.1, 0.15) is 12.4 Å². The van der Waals surface area contributed by atoms with Crippen molar-refractivity contribution in [3.05, 3.63) is 235 Å². The van der Waals surface area contributed by atoms with E-state index in [1.54, 1.807) is 90.1 Å². The highest BCUT2D eigenvalue weighted by Crippen LogP contribution is 2.51. The van der Waals surface area contributed by atoms with Crippen LogP contribution >= 0.6 is 0 Å². The molecular formula is C108H158F10O. The maximum absolute atomic E-state index is 14.3. The highest BCUT2D eigenvalue weighted by Gasteiger charge is 2.37. The first-order valence-electron chi connectivity index (χ1n) is 47.0. The molecule has 15 rings (SSSR count). The maximum Gasteiger partial charge on any atom is 0.168 e. The lowest BCUT2D eigenvalue weighted by Crippen LogP contribution is -2.25. The first-order valence-corrected chi connectivity index (χ1v) is 47.0.